The van der Waals surface area contributed by atoms with Gasteiger partial charge in [-0.25, -0.2) is 27.7 Å². The number of sulfone groups is 1. The number of ether oxygens (including phenoxy) is 2. The highest BCUT2D eigenvalue weighted by atomic mass is 32.2. The summed E-state index contributed by atoms with van der Waals surface area (Å²) in [5.74, 6) is -1.97. The summed E-state index contributed by atoms with van der Waals surface area (Å²) in [6, 6.07) is 3.71. The lowest BCUT2D eigenvalue weighted by Gasteiger charge is -2.05. The number of aryl methyl sites for hydroxylation is 1. The maximum Gasteiger partial charge on any atom is 0.586 e. The van der Waals surface area contributed by atoms with Gasteiger partial charge in [0.2, 0.25) is 0 Å². The molecule has 32 heavy (non-hydrogen) atoms. The maximum absolute atomic E-state index is 13.4. The SMILES string of the molecule is CCS(=O)(=O)c1nn2c(C(=O)O)ccnc2c1-c1nc2cc3c(cc2n1C)OC(F)(F)O3. The summed E-state index contributed by atoms with van der Waals surface area (Å²) < 4.78 is 63.7. The second-order valence-electron chi connectivity index (χ2n) is 6.90. The van der Waals surface area contributed by atoms with E-state index in [1.807, 2.05) is 0 Å². The van der Waals surface area contributed by atoms with Gasteiger partial charge in [-0.1, -0.05) is 6.92 Å². The zero-order valence-corrected chi connectivity index (χ0v) is 17.2. The highest BCUT2D eigenvalue weighted by Crippen LogP contribution is 2.44. The first-order chi connectivity index (χ1) is 15.0. The van der Waals surface area contributed by atoms with Crippen LogP contribution in [0.15, 0.2) is 29.4 Å². The molecule has 1 aliphatic heterocycles. The second-order valence-corrected chi connectivity index (χ2v) is 9.10. The number of alkyl halides is 2. The van der Waals surface area contributed by atoms with Crippen LogP contribution in [-0.4, -0.2) is 55.7 Å². The molecule has 0 unspecified atom stereocenters. The van der Waals surface area contributed by atoms with Gasteiger partial charge < -0.3 is 19.1 Å². The first-order valence-electron chi connectivity index (χ1n) is 9.13. The minimum atomic E-state index is -3.93. The molecular weight excluding hydrogens is 452 g/mol. The van der Waals surface area contributed by atoms with Crippen LogP contribution in [0.4, 0.5) is 8.78 Å². The molecule has 0 atom stereocenters. The van der Waals surface area contributed by atoms with Crippen molar-refractivity contribution in [2.75, 3.05) is 5.75 Å². The Morgan fingerprint density at radius 1 is 1.25 bits per heavy atom. The highest BCUT2D eigenvalue weighted by Gasteiger charge is 2.44. The number of hydrogen-bond acceptors (Lipinski definition) is 8. The molecule has 1 N–H and O–H groups in total. The minimum Gasteiger partial charge on any atom is -0.477 e. The molecule has 11 nitrogen and oxygen atoms in total. The van der Waals surface area contributed by atoms with Crippen LogP contribution in [0.25, 0.3) is 28.1 Å². The first kappa shape index (κ1) is 20.1. The molecule has 0 radical (unpaired) electrons. The van der Waals surface area contributed by atoms with Crippen LogP contribution in [0.5, 0.6) is 11.5 Å². The number of aromatic carboxylic acids is 1. The van der Waals surface area contributed by atoms with Gasteiger partial charge in [0.15, 0.2) is 37.7 Å². The Balaban J connectivity index is 1.83. The fourth-order valence-corrected chi connectivity index (χ4v) is 4.47. The van der Waals surface area contributed by atoms with Crippen molar-refractivity contribution in [2.45, 2.75) is 18.2 Å². The van der Waals surface area contributed by atoms with Gasteiger partial charge in [0, 0.05) is 25.4 Å². The molecule has 0 saturated carbocycles. The van der Waals surface area contributed by atoms with Gasteiger partial charge in [-0.2, -0.15) is 5.10 Å². The van der Waals surface area contributed by atoms with E-state index in [2.05, 4.69) is 24.5 Å². The third kappa shape index (κ3) is 2.79. The molecule has 5 rings (SSSR count). The van der Waals surface area contributed by atoms with E-state index in [9.17, 15) is 27.1 Å². The maximum atomic E-state index is 13.4. The third-order valence-electron chi connectivity index (χ3n) is 5.01. The Morgan fingerprint density at radius 3 is 2.59 bits per heavy atom. The quantitative estimate of drug-likeness (QED) is 0.480. The number of rotatable bonds is 4. The van der Waals surface area contributed by atoms with Crippen LogP contribution in [-0.2, 0) is 16.9 Å². The van der Waals surface area contributed by atoms with E-state index in [0.29, 0.717) is 5.52 Å². The lowest BCUT2D eigenvalue weighted by Crippen LogP contribution is -2.25. The Labute approximate surface area is 177 Å². The largest absolute Gasteiger partial charge is 0.586 e. The standard InChI is InChI=1S/C18H13F2N5O6S/c1-3-32(28,29)16-13(14-21-5-4-9(17(26)27)25(14)23-16)15-22-8-6-11-12(7-10(8)24(15)2)31-18(19,20)30-11/h4-7H,3H2,1-2H3,(H,26,27). The summed E-state index contributed by atoms with van der Waals surface area (Å²) in [6.07, 6.45) is -2.59. The van der Waals surface area contributed by atoms with Crippen LogP contribution >= 0.6 is 0 Å². The third-order valence-corrected chi connectivity index (χ3v) is 6.64. The molecular formula is C18H13F2N5O6S. The summed E-state index contributed by atoms with van der Waals surface area (Å²) in [5, 5.41) is 13.1. The fraction of sp³-hybridized carbons (Fsp3) is 0.222. The van der Waals surface area contributed by atoms with E-state index < -0.39 is 27.1 Å². The van der Waals surface area contributed by atoms with Crippen molar-refractivity contribution in [1.82, 2.24) is 24.1 Å². The van der Waals surface area contributed by atoms with Crippen molar-refractivity contribution in [3.8, 4) is 22.9 Å². The van der Waals surface area contributed by atoms with Crippen LogP contribution in [0.1, 0.15) is 17.4 Å². The Bertz CT molecular complexity index is 1560. The number of hydrogen-bond donors (Lipinski definition) is 1. The van der Waals surface area contributed by atoms with E-state index >= 15 is 0 Å². The van der Waals surface area contributed by atoms with Crippen LogP contribution in [0.3, 0.4) is 0 Å². The average molecular weight is 465 g/mol. The van der Waals surface area contributed by atoms with Crippen molar-refractivity contribution in [3.63, 3.8) is 0 Å². The zero-order chi connectivity index (χ0) is 23.0. The fourth-order valence-electron chi connectivity index (χ4n) is 3.50. The molecule has 0 bridgehead atoms. The van der Waals surface area contributed by atoms with Crippen LogP contribution < -0.4 is 9.47 Å². The molecule has 1 aliphatic rings. The topological polar surface area (TPSA) is 138 Å². The second kappa shape index (κ2) is 6.35. The Morgan fingerprint density at radius 2 is 1.94 bits per heavy atom. The van der Waals surface area contributed by atoms with E-state index in [1.165, 1.54) is 42.9 Å². The monoisotopic (exact) mass is 465 g/mol. The molecule has 0 aliphatic carbocycles. The lowest BCUT2D eigenvalue weighted by molar-refractivity contribution is -0.286. The molecule has 0 amide bonds. The normalized spacial score (nSPS) is 15.0. The Kier molecular flexibility index (Phi) is 3.99. The number of fused-ring (bicyclic) bond motifs is 3. The van der Waals surface area contributed by atoms with E-state index in [4.69, 9.17) is 0 Å². The van der Waals surface area contributed by atoms with E-state index in [1.54, 1.807) is 0 Å². The van der Waals surface area contributed by atoms with E-state index in [0.717, 1.165) is 4.52 Å². The minimum absolute atomic E-state index is 0.0130. The molecule has 0 saturated heterocycles. The van der Waals surface area contributed by atoms with Crippen molar-refractivity contribution < 1.29 is 36.6 Å². The van der Waals surface area contributed by atoms with Gasteiger partial charge in [0.05, 0.1) is 16.8 Å². The summed E-state index contributed by atoms with van der Waals surface area (Å²) >= 11 is 0. The van der Waals surface area contributed by atoms with Crippen LogP contribution in [0, 0.1) is 0 Å². The first-order valence-corrected chi connectivity index (χ1v) is 10.8. The van der Waals surface area contributed by atoms with Gasteiger partial charge in [-0.15, -0.1) is 8.78 Å². The number of nitrogens with zero attached hydrogens (tertiary/aromatic N) is 5. The number of aromatic nitrogens is 5. The summed E-state index contributed by atoms with van der Waals surface area (Å²) in [5.41, 5.74) is 0.211. The Hall–Kier alpha value is -3.81. The number of halogens is 2. The van der Waals surface area contributed by atoms with Gasteiger partial charge in [-0.3, -0.25) is 0 Å². The van der Waals surface area contributed by atoms with Crippen LogP contribution in [0.2, 0.25) is 0 Å². The molecule has 14 heteroatoms. The van der Waals surface area contributed by atoms with Crippen molar-refractivity contribution >= 4 is 32.5 Å². The van der Waals surface area contributed by atoms with Gasteiger partial charge >= 0.3 is 12.3 Å². The van der Waals surface area contributed by atoms with E-state index in [-0.39, 0.29) is 45.5 Å². The molecule has 0 spiro atoms. The predicted molar refractivity (Wildman–Crippen MR) is 104 cm³/mol. The smallest absolute Gasteiger partial charge is 0.477 e. The van der Waals surface area contributed by atoms with Gasteiger partial charge in [-0.05, 0) is 6.07 Å². The molecule has 166 valence electrons. The van der Waals surface area contributed by atoms with Crippen molar-refractivity contribution in [3.05, 3.63) is 30.1 Å². The van der Waals surface area contributed by atoms with Gasteiger partial charge in [0.25, 0.3) is 0 Å². The predicted octanol–water partition coefficient (Wildman–Crippen LogP) is 2.10. The molecule has 0 fully saturated rings. The average Bonchev–Trinajstić information content (AvgIpc) is 3.35. The summed E-state index contributed by atoms with van der Waals surface area (Å²) in [4.78, 5) is 20.1. The molecule has 4 heterocycles. The van der Waals surface area contributed by atoms with Gasteiger partial charge in [0.1, 0.15) is 11.4 Å². The molecule has 3 aromatic heterocycles. The number of carboxylic acid groups (broad SMARTS) is 1. The van der Waals surface area contributed by atoms with Crippen molar-refractivity contribution in [2.24, 2.45) is 7.05 Å². The lowest BCUT2D eigenvalue weighted by atomic mass is 10.3. The summed E-state index contributed by atoms with van der Waals surface area (Å²) in [7, 11) is -2.39. The number of carboxylic acids is 1. The summed E-state index contributed by atoms with van der Waals surface area (Å²) in [6.45, 7) is 1.42. The number of benzene rings is 1. The highest BCUT2D eigenvalue weighted by molar-refractivity contribution is 7.91. The molecule has 1 aromatic carbocycles. The molecule has 4 aromatic rings. The van der Waals surface area contributed by atoms with Crippen molar-refractivity contribution in [1.29, 1.82) is 0 Å². The zero-order valence-electron chi connectivity index (χ0n) is 16.4. The number of imidazole rings is 1. The number of carbonyl (C=O) groups is 1.